The van der Waals surface area contributed by atoms with Crippen molar-refractivity contribution in [2.75, 3.05) is 13.1 Å². The Labute approximate surface area is 100 Å². The molecule has 2 fully saturated rings. The Morgan fingerprint density at radius 3 is 2.59 bits per heavy atom. The second kappa shape index (κ2) is 3.79. The molecule has 3 heterocycles. The van der Waals surface area contributed by atoms with Gasteiger partial charge in [0.25, 0.3) is 10.0 Å². The summed E-state index contributed by atoms with van der Waals surface area (Å²) in [7, 11) is -3.43. The van der Waals surface area contributed by atoms with Crippen molar-refractivity contribution in [2.45, 2.75) is 37.0 Å². The molecule has 6 nitrogen and oxygen atoms in total. The van der Waals surface area contributed by atoms with Crippen LogP contribution in [-0.2, 0) is 14.8 Å². The molecule has 0 saturated carbocycles. The van der Waals surface area contributed by atoms with Crippen molar-refractivity contribution in [1.82, 2.24) is 14.3 Å². The second-order valence-electron chi connectivity index (χ2n) is 4.61. The van der Waals surface area contributed by atoms with Crippen LogP contribution in [0.1, 0.15) is 18.7 Å². The highest BCUT2D eigenvalue weighted by molar-refractivity contribution is 7.89. The molecular weight excluding hydrogens is 242 g/mol. The van der Waals surface area contributed by atoms with Crippen molar-refractivity contribution >= 4 is 10.0 Å². The molecule has 7 heteroatoms. The zero-order valence-electron chi connectivity index (χ0n) is 9.59. The highest BCUT2D eigenvalue weighted by Gasteiger charge is 2.39. The normalized spacial score (nSPS) is 29.7. The van der Waals surface area contributed by atoms with E-state index in [1.54, 1.807) is 6.92 Å². The first kappa shape index (κ1) is 11.2. The largest absolute Gasteiger partial charge is 0.372 e. The molecule has 2 bridgehead atoms. The minimum atomic E-state index is -3.43. The number of morpholine rings is 1. The van der Waals surface area contributed by atoms with Crippen LogP contribution in [0, 0.1) is 6.92 Å². The summed E-state index contributed by atoms with van der Waals surface area (Å²) in [5, 5.41) is 0.177. The number of hydrogen-bond acceptors (Lipinski definition) is 4. The van der Waals surface area contributed by atoms with Crippen LogP contribution < -0.4 is 0 Å². The third-order valence-electron chi connectivity index (χ3n) is 3.31. The van der Waals surface area contributed by atoms with Crippen molar-refractivity contribution < 1.29 is 13.2 Å². The summed E-state index contributed by atoms with van der Waals surface area (Å²) in [4.78, 5) is 6.72. The predicted octanol–water partition coefficient (Wildman–Crippen LogP) is 0.270. The SMILES string of the molecule is Cc1ncc(S(=O)(=O)N2CC3CCC(C2)O3)[nH]1. The van der Waals surface area contributed by atoms with Gasteiger partial charge in [-0.3, -0.25) is 0 Å². The Morgan fingerprint density at radius 2 is 2.06 bits per heavy atom. The molecule has 1 aromatic rings. The summed E-state index contributed by atoms with van der Waals surface area (Å²) in [5.74, 6) is 0.611. The van der Waals surface area contributed by atoms with Crippen LogP contribution in [0.5, 0.6) is 0 Å². The van der Waals surface area contributed by atoms with Gasteiger partial charge in [-0.05, 0) is 19.8 Å². The zero-order valence-corrected chi connectivity index (χ0v) is 10.4. The lowest BCUT2D eigenvalue weighted by Gasteiger charge is -2.30. The van der Waals surface area contributed by atoms with Gasteiger partial charge in [-0.25, -0.2) is 13.4 Å². The van der Waals surface area contributed by atoms with Crippen LogP contribution in [0.25, 0.3) is 0 Å². The van der Waals surface area contributed by atoms with Gasteiger partial charge in [0, 0.05) is 13.1 Å². The zero-order chi connectivity index (χ0) is 12.0. The predicted molar refractivity (Wildman–Crippen MR) is 60.0 cm³/mol. The fourth-order valence-corrected chi connectivity index (χ4v) is 3.91. The molecule has 0 aliphatic carbocycles. The number of nitrogens with zero attached hydrogens (tertiary/aromatic N) is 2. The molecular formula is C10H15N3O3S. The number of H-pyrrole nitrogens is 1. The molecule has 1 N–H and O–H groups in total. The summed E-state index contributed by atoms with van der Waals surface area (Å²) < 4.78 is 31.8. The van der Waals surface area contributed by atoms with Crippen molar-refractivity contribution in [3.8, 4) is 0 Å². The fourth-order valence-electron chi connectivity index (χ4n) is 2.44. The van der Waals surface area contributed by atoms with E-state index in [0.29, 0.717) is 18.9 Å². The van der Waals surface area contributed by atoms with E-state index in [4.69, 9.17) is 4.74 Å². The lowest BCUT2D eigenvalue weighted by atomic mass is 10.2. The fraction of sp³-hybridized carbons (Fsp3) is 0.700. The molecule has 2 atom stereocenters. The molecule has 0 amide bonds. The van der Waals surface area contributed by atoms with Gasteiger partial charge >= 0.3 is 0 Å². The molecule has 1 aromatic heterocycles. The monoisotopic (exact) mass is 257 g/mol. The molecule has 2 aliphatic heterocycles. The van der Waals surface area contributed by atoms with E-state index in [0.717, 1.165) is 12.8 Å². The lowest BCUT2D eigenvalue weighted by molar-refractivity contribution is -0.0115. The molecule has 0 aromatic carbocycles. The average Bonchev–Trinajstić information content (AvgIpc) is 2.85. The number of hydrogen-bond donors (Lipinski definition) is 1. The number of rotatable bonds is 2. The Balaban J connectivity index is 1.88. The maximum Gasteiger partial charge on any atom is 0.260 e. The van der Waals surface area contributed by atoms with Gasteiger partial charge in [0.15, 0.2) is 5.03 Å². The van der Waals surface area contributed by atoms with Gasteiger partial charge in [0.1, 0.15) is 5.82 Å². The summed E-state index contributed by atoms with van der Waals surface area (Å²) in [6.45, 7) is 2.65. The van der Waals surface area contributed by atoms with Gasteiger partial charge in [-0.2, -0.15) is 4.31 Å². The van der Waals surface area contributed by atoms with E-state index in [9.17, 15) is 8.42 Å². The Hall–Kier alpha value is -0.920. The number of aromatic nitrogens is 2. The summed E-state index contributed by atoms with van der Waals surface area (Å²) in [6, 6.07) is 0. The van der Waals surface area contributed by atoms with E-state index >= 15 is 0 Å². The number of sulfonamides is 1. The van der Waals surface area contributed by atoms with E-state index in [-0.39, 0.29) is 17.2 Å². The van der Waals surface area contributed by atoms with Gasteiger partial charge in [0.05, 0.1) is 18.4 Å². The molecule has 2 unspecified atom stereocenters. The standard InChI is InChI=1S/C10H15N3O3S/c1-7-11-4-10(12-7)17(14,15)13-5-8-2-3-9(6-13)16-8/h4,8-9H,2-3,5-6H2,1H3,(H,11,12). The number of aromatic amines is 1. The van der Waals surface area contributed by atoms with Crippen LogP contribution in [0.15, 0.2) is 11.2 Å². The number of imidazole rings is 1. The number of nitrogens with one attached hydrogen (secondary N) is 1. The first-order chi connectivity index (χ1) is 8.05. The first-order valence-corrected chi connectivity index (χ1v) is 7.17. The smallest absolute Gasteiger partial charge is 0.260 e. The molecule has 2 saturated heterocycles. The quantitative estimate of drug-likeness (QED) is 0.825. The third kappa shape index (κ3) is 1.88. The average molecular weight is 257 g/mol. The van der Waals surface area contributed by atoms with E-state index < -0.39 is 10.0 Å². The van der Waals surface area contributed by atoms with E-state index in [1.165, 1.54) is 10.5 Å². The first-order valence-electron chi connectivity index (χ1n) is 5.73. The van der Waals surface area contributed by atoms with Gasteiger partial charge in [0.2, 0.25) is 0 Å². The van der Waals surface area contributed by atoms with E-state index in [2.05, 4.69) is 9.97 Å². The Morgan fingerprint density at radius 1 is 1.41 bits per heavy atom. The van der Waals surface area contributed by atoms with Crippen LogP contribution in [0.4, 0.5) is 0 Å². The molecule has 0 radical (unpaired) electrons. The van der Waals surface area contributed by atoms with Gasteiger partial charge < -0.3 is 9.72 Å². The highest BCUT2D eigenvalue weighted by Crippen LogP contribution is 2.29. The van der Waals surface area contributed by atoms with Crippen LogP contribution in [0.2, 0.25) is 0 Å². The van der Waals surface area contributed by atoms with Crippen molar-refractivity contribution in [3.05, 3.63) is 12.0 Å². The lowest BCUT2D eigenvalue weighted by Crippen LogP contribution is -2.45. The maximum absolute atomic E-state index is 12.3. The highest BCUT2D eigenvalue weighted by atomic mass is 32.2. The van der Waals surface area contributed by atoms with Crippen molar-refractivity contribution in [1.29, 1.82) is 0 Å². The number of aryl methyl sites for hydroxylation is 1. The molecule has 0 spiro atoms. The van der Waals surface area contributed by atoms with Crippen molar-refractivity contribution in [3.63, 3.8) is 0 Å². The number of fused-ring (bicyclic) bond motifs is 2. The van der Waals surface area contributed by atoms with Gasteiger partial charge in [-0.1, -0.05) is 0 Å². The topological polar surface area (TPSA) is 75.3 Å². The molecule has 94 valence electrons. The second-order valence-corrected chi connectivity index (χ2v) is 6.52. The maximum atomic E-state index is 12.3. The van der Waals surface area contributed by atoms with Crippen LogP contribution in [-0.4, -0.2) is 48.0 Å². The molecule has 17 heavy (non-hydrogen) atoms. The summed E-state index contributed by atoms with van der Waals surface area (Å²) >= 11 is 0. The van der Waals surface area contributed by atoms with Crippen LogP contribution in [0.3, 0.4) is 0 Å². The van der Waals surface area contributed by atoms with Gasteiger partial charge in [-0.15, -0.1) is 0 Å². The van der Waals surface area contributed by atoms with E-state index in [1.807, 2.05) is 0 Å². The summed E-state index contributed by atoms with van der Waals surface area (Å²) in [6.07, 6.45) is 3.42. The van der Waals surface area contributed by atoms with Crippen molar-refractivity contribution in [2.24, 2.45) is 0 Å². The minimum Gasteiger partial charge on any atom is -0.372 e. The number of ether oxygens (including phenoxy) is 1. The molecule has 2 aliphatic rings. The Kier molecular flexibility index (Phi) is 2.49. The summed E-state index contributed by atoms with van der Waals surface area (Å²) in [5.41, 5.74) is 0. The third-order valence-corrected chi connectivity index (χ3v) is 5.05. The molecule has 3 rings (SSSR count). The van der Waals surface area contributed by atoms with Crippen LogP contribution >= 0.6 is 0 Å². The minimum absolute atomic E-state index is 0.0625. The Bertz CT molecular complexity index is 513.